The van der Waals surface area contributed by atoms with Gasteiger partial charge in [-0.05, 0) is 49.6 Å². The molecule has 0 unspecified atom stereocenters. The van der Waals surface area contributed by atoms with Gasteiger partial charge in [0.25, 0.3) is 0 Å². The zero-order chi connectivity index (χ0) is 26.2. The van der Waals surface area contributed by atoms with Gasteiger partial charge >= 0.3 is 0 Å². The van der Waals surface area contributed by atoms with E-state index >= 15 is 0 Å². The van der Waals surface area contributed by atoms with Crippen molar-refractivity contribution >= 4 is 50.7 Å². The molecule has 0 saturated heterocycles. The Morgan fingerprint density at radius 3 is 2.43 bits per heavy atom. The summed E-state index contributed by atoms with van der Waals surface area (Å²) in [5.74, 6) is -1.35. The molecule has 2 aromatic rings. The van der Waals surface area contributed by atoms with Gasteiger partial charge in [-0.1, -0.05) is 48.3 Å². The molecule has 35 heavy (non-hydrogen) atoms. The van der Waals surface area contributed by atoms with Crippen LogP contribution in [0.25, 0.3) is 0 Å². The summed E-state index contributed by atoms with van der Waals surface area (Å²) in [7, 11) is -3.78. The highest BCUT2D eigenvalue weighted by Crippen LogP contribution is 2.25. The Balaban J connectivity index is 2.20. The van der Waals surface area contributed by atoms with Gasteiger partial charge in [-0.3, -0.25) is 13.9 Å². The largest absolute Gasteiger partial charge is 0.354 e. The molecule has 0 saturated carbocycles. The van der Waals surface area contributed by atoms with Crippen LogP contribution in [0.15, 0.2) is 42.5 Å². The van der Waals surface area contributed by atoms with Crippen molar-refractivity contribution in [3.63, 3.8) is 0 Å². The molecule has 0 radical (unpaired) electrons. The average Bonchev–Trinajstić information content (AvgIpc) is 2.79. The molecule has 192 valence electrons. The lowest BCUT2D eigenvalue weighted by Gasteiger charge is -2.29. The highest BCUT2D eigenvalue weighted by Gasteiger charge is 2.27. The quantitative estimate of drug-likeness (QED) is 0.421. The van der Waals surface area contributed by atoms with Crippen LogP contribution in [0.5, 0.6) is 0 Å². The Morgan fingerprint density at radius 1 is 1.14 bits per heavy atom. The summed E-state index contributed by atoms with van der Waals surface area (Å²) in [5.41, 5.74) is 0.531. The fourth-order valence-corrected chi connectivity index (χ4v) is 4.88. The molecule has 0 bridgehead atoms. The average molecular weight is 546 g/mol. The topological polar surface area (TPSA) is 86.8 Å². The minimum atomic E-state index is -3.78. The molecular formula is C24H30Cl2FN3O4S. The van der Waals surface area contributed by atoms with Crippen molar-refractivity contribution < 1.29 is 22.4 Å². The minimum absolute atomic E-state index is 0.0585. The molecule has 1 atom stereocenters. The molecule has 0 aromatic heterocycles. The van der Waals surface area contributed by atoms with Crippen LogP contribution < -0.4 is 9.62 Å². The minimum Gasteiger partial charge on any atom is -0.354 e. The number of nitrogens with zero attached hydrogens (tertiary/aromatic N) is 2. The molecular weight excluding hydrogens is 516 g/mol. The number of para-hydroxylation sites is 1. The number of halogens is 3. The van der Waals surface area contributed by atoms with Crippen LogP contribution >= 0.6 is 23.2 Å². The first-order valence-electron chi connectivity index (χ1n) is 11.2. The van der Waals surface area contributed by atoms with E-state index in [1.54, 1.807) is 25.1 Å². The number of nitrogens with one attached hydrogen (secondary N) is 1. The van der Waals surface area contributed by atoms with Crippen molar-refractivity contribution in [2.75, 3.05) is 23.7 Å². The molecule has 0 heterocycles. The summed E-state index contributed by atoms with van der Waals surface area (Å²) in [6.07, 6.45) is 1.79. The van der Waals surface area contributed by atoms with E-state index in [4.69, 9.17) is 23.2 Å². The van der Waals surface area contributed by atoms with Crippen molar-refractivity contribution in [1.29, 1.82) is 0 Å². The SMILES string of the molecule is CCCNC(=O)[C@H](C)N(Cc1ccc(Cl)cc1Cl)C(=O)CCCN(c1ccccc1F)S(C)(=O)=O. The Hall–Kier alpha value is -2.36. The summed E-state index contributed by atoms with van der Waals surface area (Å²) in [4.78, 5) is 27.2. The lowest BCUT2D eigenvalue weighted by molar-refractivity contribution is -0.140. The second-order valence-electron chi connectivity index (χ2n) is 8.11. The van der Waals surface area contributed by atoms with E-state index in [1.165, 1.54) is 29.2 Å². The van der Waals surface area contributed by atoms with Gasteiger partial charge in [0.2, 0.25) is 21.8 Å². The van der Waals surface area contributed by atoms with Crippen LogP contribution in [0.3, 0.4) is 0 Å². The lowest BCUT2D eigenvalue weighted by atomic mass is 10.1. The smallest absolute Gasteiger partial charge is 0.242 e. The van der Waals surface area contributed by atoms with Gasteiger partial charge in [-0.2, -0.15) is 0 Å². The van der Waals surface area contributed by atoms with Gasteiger partial charge in [0.1, 0.15) is 11.9 Å². The third-order valence-electron chi connectivity index (χ3n) is 5.35. The van der Waals surface area contributed by atoms with Crippen LogP contribution in [0.2, 0.25) is 10.0 Å². The van der Waals surface area contributed by atoms with E-state index < -0.39 is 21.9 Å². The molecule has 2 rings (SSSR count). The first-order valence-corrected chi connectivity index (χ1v) is 13.8. The summed E-state index contributed by atoms with van der Waals surface area (Å²) >= 11 is 12.3. The number of rotatable bonds is 12. The molecule has 2 aromatic carbocycles. The number of hydrogen-bond donors (Lipinski definition) is 1. The molecule has 2 amide bonds. The predicted octanol–water partition coefficient (Wildman–Crippen LogP) is 4.62. The third-order valence-corrected chi connectivity index (χ3v) is 7.11. The van der Waals surface area contributed by atoms with E-state index in [2.05, 4.69) is 5.32 Å². The van der Waals surface area contributed by atoms with Crippen LogP contribution in [-0.2, 0) is 26.2 Å². The molecule has 7 nitrogen and oxygen atoms in total. The lowest BCUT2D eigenvalue weighted by Crippen LogP contribution is -2.48. The summed E-state index contributed by atoms with van der Waals surface area (Å²) in [5, 5.41) is 3.59. The number of amides is 2. The normalized spacial score (nSPS) is 12.2. The van der Waals surface area contributed by atoms with Crippen molar-refractivity contribution in [2.45, 2.75) is 45.7 Å². The summed E-state index contributed by atoms with van der Waals surface area (Å²) < 4.78 is 39.7. The van der Waals surface area contributed by atoms with Gasteiger partial charge < -0.3 is 10.2 Å². The van der Waals surface area contributed by atoms with Crippen LogP contribution in [0, 0.1) is 5.82 Å². The summed E-state index contributed by atoms with van der Waals surface area (Å²) in [6.45, 7) is 3.98. The van der Waals surface area contributed by atoms with E-state index in [9.17, 15) is 22.4 Å². The van der Waals surface area contributed by atoms with Gasteiger partial charge in [0.15, 0.2) is 0 Å². The van der Waals surface area contributed by atoms with E-state index in [0.717, 1.165) is 17.0 Å². The molecule has 0 spiro atoms. The van der Waals surface area contributed by atoms with Crippen LogP contribution in [0.4, 0.5) is 10.1 Å². The number of benzene rings is 2. The fraction of sp³-hybridized carbons (Fsp3) is 0.417. The number of carbonyl (C=O) groups excluding carboxylic acids is 2. The maximum Gasteiger partial charge on any atom is 0.242 e. The molecule has 1 N–H and O–H groups in total. The second kappa shape index (κ2) is 13.1. The highest BCUT2D eigenvalue weighted by atomic mass is 35.5. The van der Waals surface area contributed by atoms with Gasteiger partial charge in [-0.25, -0.2) is 12.8 Å². The first-order chi connectivity index (χ1) is 16.5. The predicted molar refractivity (Wildman–Crippen MR) is 138 cm³/mol. The standard InChI is InChI=1S/C24H30Cl2FN3O4S/c1-4-13-28-24(32)17(2)29(16-18-11-12-19(25)15-20(18)26)23(31)10-7-14-30(35(3,33)34)22-9-6-5-8-21(22)27/h5-6,8-9,11-12,15,17H,4,7,10,13-14,16H2,1-3H3,(H,28,32)/t17-/m0/s1. The number of hydrogen-bond acceptors (Lipinski definition) is 4. The summed E-state index contributed by atoms with van der Waals surface area (Å²) in [6, 6.07) is 9.64. The Morgan fingerprint density at radius 2 is 1.83 bits per heavy atom. The van der Waals surface area contributed by atoms with Gasteiger partial charge in [-0.15, -0.1) is 0 Å². The monoisotopic (exact) mass is 545 g/mol. The maximum atomic E-state index is 14.2. The Kier molecular flexibility index (Phi) is 10.8. The zero-order valence-electron chi connectivity index (χ0n) is 19.9. The molecule has 0 fully saturated rings. The molecule has 0 aliphatic heterocycles. The van der Waals surface area contributed by atoms with Crippen LogP contribution in [0.1, 0.15) is 38.7 Å². The molecule has 0 aliphatic rings. The number of sulfonamides is 1. The van der Waals surface area contributed by atoms with E-state index in [1.807, 2.05) is 6.92 Å². The van der Waals surface area contributed by atoms with E-state index in [-0.39, 0.29) is 43.4 Å². The number of anilines is 1. The van der Waals surface area contributed by atoms with Crippen molar-refractivity contribution in [1.82, 2.24) is 10.2 Å². The van der Waals surface area contributed by atoms with Gasteiger partial charge in [0.05, 0.1) is 11.9 Å². The van der Waals surface area contributed by atoms with E-state index in [0.29, 0.717) is 22.2 Å². The number of carbonyl (C=O) groups is 2. The van der Waals surface area contributed by atoms with Crippen molar-refractivity contribution in [2.24, 2.45) is 0 Å². The van der Waals surface area contributed by atoms with Crippen LogP contribution in [-0.4, -0.2) is 50.5 Å². The second-order valence-corrected chi connectivity index (χ2v) is 10.9. The fourth-order valence-electron chi connectivity index (χ4n) is 3.45. The molecule has 11 heteroatoms. The molecule has 0 aliphatic carbocycles. The maximum absolute atomic E-state index is 14.2. The first kappa shape index (κ1) is 28.9. The Labute approximate surface area is 216 Å². The van der Waals surface area contributed by atoms with Gasteiger partial charge in [0, 0.05) is 36.1 Å². The Bertz CT molecular complexity index is 1150. The third kappa shape index (κ3) is 8.37. The zero-order valence-corrected chi connectivity index (χ0v) is 22.3. The van der Waals surface area contributed by atoms with Crippen molar-refractivity contribution in [3.8, 4) is 0 Å². The van der Waals surface area contributed by atoms with Crippen molar-refractivity contribution in [3.05, 3.63) is 63.9 Å². The highest BCUT2D eigenvalue weighted by molar-refractivity contribution is 7.92.